The van der Waals surface area contributed by atoms with Crippen LogP contribution in [0.15, 0.2) is 35.4 Å². The topological polar surface area (TPSA) is 90.3 Å². The number of nitrogens with one attached hydrogen (secondary N) is 1. The highest BCUT2D eigenvalue weighted by atomic mass is 32.1. The second-order valence-electron chi connectivity index (χ2n) is 7.13. The van der Waals surface area contributed by atoms with E-state index in [0.717, 1.165) is 16.9 Å². The minimum Gasteiger partial charge on any atom is -0.459 e. The maximum atomic E-state index is 13.1. The monoisotopic (exact) mass is 413 g/mol. The quantitative estimate of drug-likeness (QED) is 0.642. The van der Waals surface area contributed by atoms with E-state index in [0.29, 0.717) is 26.3 Å². The molecule has 7 nitrogen and oxygen atoms in total. The van der Waals surface area contributed by atoms with E-state index in [1.807, 2.05) is 25.1 Å². The van der Waals surface area contributed by atoms with Crippen LogP contribution in [-0.2, 0) is 9.53 Å². The molecule has 8 heteroatoms. The second kappa shape index (κ2) is 8.16. The fraction of sp³-hybridized carbons (Fsp3) is 0.333. The zero-order valence-corrected chi connectivity index (χ0v) is 17.8. The Morgan fingerprint density at radius 3 is 2.52 bits per heavy atom. The molecule has 0 aliphatic heterocycles. The number of esters is 1. The molecule has 29 heavy (non-hydrogen) atoms. The van der Waals surface area contributed by atoms with Gasteiger partial charge in [0.2, 0.25) is 5.91 Å². The zero-order valence-electron chi connectivity index (χ0n) is 17.0. The van der Waals surface area contributed by atoms with E-state index in [2.05, 4.69) is 10.3 Å². The Balaban J connectivity index is 1.96. The van der Waals surface area contributed by atoms with Gasteiger partial charge in [-0.2, -0.15) is 0 Å². The number of ether oxygens (including phenoxy) is 1. The third-order valence-corrected chi connectivity index (χ3v) is 5.78. The van der Waals surface area contributed by atoms with Gasteiger partial charge in [0, 0.05) is 5.69 Å². The normalized spacial score (nSPS) is 12.2. The Morgan fingerprint density at radius 2 is 1.86 bits per heavy atom. The Morgan fingerprint density at radius 1 is 1.17 bits per heavy atom. The van der Waals surface area contributed by atoms with Gasteiger partial charge in [0.15, 0.2) is 0 Å². The Bertz CT molecular complexity index is 1150. The van der Waals surface area contributed by atoms with Crippen LogP contribution in [0.4, 0.5) is 5.69 Å². The lowest BCUT2D eigenvalue weighted by molar-refractivity contribution is -0.118. The molecule has 1 atom stereocenters. The van der Waals surface area contributed by atoms with Crippen molar-refractivity contribution in [2.45, 2.75) is 46.8 Å². The molecule has 0 fully saturated rings. The van der Waals surface area contributed by atoms with Gasteiger partial charge in [0.05, 0.1) is 17.8 Å². The number of anilines is 1. The van der Waals surface area contributed by atoms with Gasteiger partial charge in [-0.1, -0.05) is 18.2 Å². The number of para-hydroxylation sites is 1. The smallest absolute Gasteiger partial charge is 0.348 e. The minimum atomic E-state index is -0.774. The van der Waals surface area contributed by atoms with Gasteiger partial charge in [-0.25, -0.2) is 9.78 Å². The number of carbonyl (C=O) groups is 2. The largest absolute Gasteiger partial charge is 0.459 e. The Kier molecular flexibility index (Phi) is 5.83. The summed E-state index contributed by atoms with van der Waals surface area (Å²) in [7, 11) is 0. The van der Waals surface area contributed by atoms with Crippen LogP contribution in [0.3, 0.4) is 0 Å². The number of hydrogen-bond donors (Lipinski definition) is 1. The van der Waals surface area contributed by atoms with Crippen molar-refractivity contribution in [1.29, 1.82) is 0 Å². The summed E-state index contributed by atoms with van der Waals surface area (Å²) in [6.07, 6.45) is 1.09. The van der Waals surface area contributed by atoms with Crippen molar-refractivity contribution >= 4 is 39.1 Å². The SMILES string of the molecule is Cc1ccccc1NC(=O)[C@H](C)n1cnc2sc(C(=O)OC(C)C)c(C)c2c1=O. The Hall–Kier alpha value is -3.00. The van der Waals surface area contributed by atoms with Crippen LogP contribution in [0.1, 0.15) is 47.6 Å². The standard InChI is InChI=1S/C21H23N3O4S/c1-11(2)28-21(27)17-13(4)16-19(29-17)22-10-24(20(16)26)14(5)18(25)23-15-9-7-6-8-12(15)3/h6-11,14H,1-5H3,(H,23,25)/t14-/m0/s1. The van der Waals surface area contributed by atoms with E-state index in [1.165, 1.54) is 10.9 Å². The molecule has 1 N–H and O–H groups in total. The van der Waals surface area contributed by atoms with Crippen molar-refractivity contribution in [3.05, 3.63) is 57.0 Å². The fourth-order valence-electron chi connectivity index (χ4n) is 2.95. The first-order valence-electron chi connectivity index (χ1n) is 9.28. The summed E-state index contributed by atoms with van der Waals surface area (Å²) < 4.78 is 6.54. The van der Waals surface area contributed by atoms with Crippen molar-refractivity contribution < 1.29 is 14.3 Å². The van der Waals surface area contributed by atoms with Gasteiger partial charge in [-0.15, -0.1) is 11.3 Å². The first kappa shape index (κ1) is 20.7. The molecule has 152 valence electrons. The molecule has 2 aromatic heterocycles. The van der Waals surface area contributed by atoms with Crippen LogP contribution in [0.5, 0.6) is 0 Å². The summed E-state index contributed by atoms with van der Waals surface area (Å²) in [5.41, 5.74) is 1.78. The highest BCUT2D eigenvalue weighted by Gasteiger charge is 2.24. The van der Waals surface area contributed by atoms with E-state index < -0.39 is 12.0 Å². The van der Waals surface area contributed by atoms with Gasteiger partial charge in [0.25, 0.3) is 5.56 Å². The number of nitrogens with zero attached hydrogens (tertiary/aromatic N) is 2. The number of thiophene rings is 1. The molecular weight excluding hydrogens is 390 g/mol. The molecule has 1 aromatic carbocycles. The van der Waals surface area contributed by atoms with Crippen molar-refractivity contribution in [2.24, 2.45) is 0 Å². The van der Waals surface area contributed by atoms with Crippen LogP contribution in [0.25, 0.3) is 10.2 Å². The molecule has 0 radical (unpaired) electrons. The van der Waals surface area contributed by atoms with Crippen LogP contribution in [0, 0.1) is 13.8 Å². The molecule has 0 aliphatic carbocycles. The fourth-order valence-corrected chi connectivity index (χ4v) is 3.97. The average molecular weight is 413 g/mol. The lowest BCUT2D eigenvalue weighted by Gasteiger charge is -2.16. The predicted octanol–water partition coefficient (Wildman–Crippen LogP) is 3.84. The molecule has 0 unspecified atom stereocenters. The minimum absolute atomic E-state index is 0.262. The van der Waals surface area contributed by atoms with Crippen molar-refractivity contribution in [1.82, 2.24) is 9.55 Å². The van der Waals surface area contributed by atoms with Gasteiger partial charge < -0.3 is 10.1 Å². The van der Waals surface area contributed by atoms with Crippen molar-refractivity contribution in [3.63, 3.8) is 0 Å². The van der Waals surface area contributed by atoms with E-state index in [9.17, 15) is 14.4 Å². The summed E-state index contributed by atoms with van der Waals surface area (Å²) in [4.78, 5) is 43.2. The molecule has 0 saturated heterocycles. The third kappa shape index (κ3) is 4.07. The number of hydrogen-bond acceptors (Lipinski definition) is 6. The lowest BCUT2D eigenvalue weighted by atomic mass is 10.2. The first-order valence-corrected chi connectivity index (χ1v) is 10.1. The number of carbonyl (C=O) groups excluding carboxylic acids is 2. The van der Waals surface area contributed by atoms with Crippen LogP contribution < -0.4 is 10.9 Å². The van der Waals surface area contributed by atoms with E-state index >= 15 is 0 Å². The second-order valence-corrected chi connectivity index (χ2v) is 8.13. The third-order valence-electron chi connectivity index (χ3n) is 4.60. The molecule has 3 aromatic rings. The highest BCUT2D eigenvalue weighted by molar-refractivity contribution is 7.20. The number of aryl methyl sites for hydroxylation is 2. The summed E-state index contributed by atoms with van der Waals surface area (Å²) in [6, 6.07) is 6.65. The molecule has 0 aliphatic rings. The maximum Gasteiger partial charge on any atom is 0.348 e. The molecule has 3 rings (SSSR count). The lowest BCUT2D eigenvalue weighted by Crippen LogP contribution is -2.32. The summed E-state index contributed by atoms with van der Waals surface area (Å²) in [6.45, 7) is 8.76. The van der Waals surface area contributed by atoms with Crippen LogP contribution in [-0.4, -0.2) is 27.5 Å². The maximum absolute atomic E-state index is 13.1. The van der Waals surface area contributed by atoms with Gasteiger partial charge >= 0.3 is 5.97 Å². The number of rotatable bonds is 5. The molecule has 0 spiro atoms. The summed E-state index contributed by atoms with van der Waals surface area (Å²) >= 11 is 1.12. The van der Waals surface area contributed by atoms with Crippen molar-refractivity contribution in [2.75, 3.05) is 5.32 Å². The van der Waals surface area contributed by atoms with Crippen molar-refractivity contribution in [3.8, 4) is 0 Å². The van der Waals surface area contributed by atoms with Gasteiger partial charge in [-0.05, 0) is 51.8 Å². The Labute approximate surface area is 172 Å². The molecular formula is C21H23N3O4S. The molecule has 1 amide bonds. The molecule has 0 saturated carbocycles. The zero-order chi connectivity index (χ0) is 21.3. The van der Waals surface area contributed by atoms with Crippen LogP contribution in [0.2, 0.25) is 0 Å². The van der Waals surface area contributed by atoms with Crippen LogP contribution >= 0.6 is 11.3 Å². The number of aromatic nitrogens is 2. The summed E-state index contributed by atoms with van der Waals surface area (Å²) in [5, 5.41) is 3.18. The predicted molar refractivity (Wildman–Crippen MR) is 114 cm³/mol. The number of benzene rings is 1. The first-order chi connectivity index (χ1) is 13.7. The number of amides is 1. The van der Waals surface area contributed by atoms with E-state index in [-0.39, 0.29) is 17.6 Å². The van der Waals surface area contributed by atoms with Gasteiger partial charge in [0.1, 0.15) is 15.7 Å². The number of fused-ring (bicyclic) bond motifs is 1. The van der Waals surface area contributed by atoms with E-state index in [1.54, 1.807) is 33.8 Å². The highest BCUT2D eigenvalue weighted by Crippen LogP contribution is 2.28. The van der Waals surface area contributed by atoms with Gasteiger partial charge in [-0.3, -0.25) is 14.2 Å². The molecule has 2 heterocycles. The van der Waals surface area contributed by atoms with E-state index in [4.69, 9.17) is 4.74 Å². The summed E-state index contributed by atoms with van der Waals surface area (Å²) in [5.74, 6) is -0.799. The average Bonchev–Trinajstić information content (AvgIpc) is 3.00. The molecule has 0 bridgehead atoms.